The van der Waals surface area contributed by atoms with E-state index in [1.165, 1.54) is 5.56 Å². The molecular formula is C15H20N2O3. The van der Waals surface area contributed by atoms with E-state index in [0.29, 0.717) is 19.6 Å². The molecule has 0 spiro atoms. The van der Waals surface area contributed by atoms with Gasteiger partial charge in [0.2, 0.25) is 0 Å². The Morgan fingerprint density at radius 2 is 2.10 bits per heavy atom. The number of hydrogen-bond acceptors (Lipinski definition) is 4. The number of rotatable bonds is 3. The molecule has 1 unspecified atom stereocenters. The van der Waals surface area contributed by atoms with Crippen LogP contribution in [0.25, 0.3) is 0 Å². The fourth-order valence-electron chi connectivity index (χ4n) is 2.37. The molecule has 1 aliphatic rings. The number of nitrogens with one attached hydrogen (secondary N) is 1. The highest BCUT2D eigenvalue weighted by Crippen LogP contribution is 2.08. The van der Waals surface area contributed by atoms with Crippen molar-refractivity contribution in [3.8, 4) is 0 Å². The first-order chi connectivity index (χ1) is 9.70. The van der Waals surface area contributed by atoms with Crippen molar-refractivity contribution in [3.05, 3.63) is 35.9 Å². The quantitative estimate of drug-likeness (QED) is 0.648. The van der Waals surface area contributed by atoms with Gasteiger partial charge in [0, 0.05) is 25.7 Å². The van der Waals surface area contributed by atoms with E-state index < -0.39 is 11.9 Å². The van der Waals surface area contributed by atoms with Crippen LogP contribution in [-0.4, -0.2) is 49.1 Å². The van der Waals surface area contributed by atoms with Gasteiger partial charge in [0.25, 0.3) is 0 Å². The number of carbonyl (C=O) groups excluding carboxylic acids is 2. The van der Waals surface area contributed by atoms with Gasteiger partial charge in [0.1, 0.15) is 0 Å². The molecule has 1 aromatic carbocycles. The van der Waals surface area contributed by atoms with Crippen LogP contribution in [0, 0.1) is 0 Å². The molecule has 0 aliphatic carbocycles. The molecule has 1 N–H and O–H groups in total. The lowest BCUT2D eigenvalue weighted by atomic mass is 10.0. The molecule has 1 aromatic rings. The molecule has 1 saturated heterocycles. The van der Waals surface area contributed by atoms with Crippen molar-refractivity contribution in [2.75, 3.05) is 26.2 Å². The van der Waals surface area contributed by atoms with Crippen LogP contribution in [0.3, 0.4) is 0 Å². The minimum Gasteiger partial charge on any atom is -0.459 e. The SMILES string of the molecule is CCOC(=O)C(=O)N1CCNC(Cc2ccccc2)C1. The van der Waals surface area contributed by atoms with E-state index in [0.717, 1.165) is 6.42 Å². The number of esters is 1. The van der Waals surface area contributed by atoms with Crippen molar-refractivity contribution in [2.45, 2.75) is 19.4 Å². The Labute approximate surface area is 118 Å². The second-order valence-corrected chi connectivity index (χ2v) is 4.81. The summed E-state index contributed by atoms with van der Waals surface area (Å²) in [5.41, 5.74) is 1.22. The summed E-state index contributed by atoms with van der Waals surface area (Å²) in [5, 5.41) is 3.38. The van der Waals surface area contributed by atoms with E-state index in [1.807, 2.05) is 18.2 Å². The van der Waals surface area contributed by atoms with Gasteiger partial charge < -0.3 is 15.0 Å². The van der Waals surface area contributed by atoms with Gasteiger partial charge in [-0.2, -0.15) is 0 Å². The van der Waals surface area contributed by atoms with Crippen molar-refractivity contribution in [1.82, 2.24) is 10.2 Å². The molecule has 1 amide bonds. The molecule has 1 fully saturated rings. The molecule has 2 rings (SSSR count). The second-order valence-electron chi connectivity index (χ2n) is 4.81. The lowest BCUT2D eigenvalue weighted by Crippen LogP contribution is -2.55. The third-order valence-electron chi connectivity index (χ3n) is 3.32. The third kappa shape index (κ3) is 3.81. The number of benzene rings is 1. The first-order valence-corrected chi connectivity index (χ1v) is 6.94. The zero-order valence-electron chi connectivity index (χ0n) is 11.7. The summed E-state index contributed by atoms with van der Waals surface area (Å²) in [5.74, 6) is -1.29. The van der Waals surface area contributed by atoms with Gasteiger partial charge in [-0.15, -0.1) is 0 Å². The van der Waals surface area contributed by atoms with Crippen LogP contribution in [0.1, 0.15) is 12.5 Å². The van der Waals surface area contributed by atoms with Crippen molar-refractivity contribution >= 4 is 11.9 Å². The van der Waals surface area contributed by atoms with Crippen molar-refractivity contribution in [1.29, 1.82) is 0 Å². The Morgan fingerprint density at radius 1 is 1.35 bits per heavy atom. The molecule has 1 heterocycles. The molecule has 5 heteroatoms. The molecule has 108 valence electrons. The summed E-state index contributed by atoms with van der Waals surface area (Å²) in [7, 11) is 0. The molecule has 1 atom stereocenters. The third-order valence-corrected chi connectivity index (χ3v) is 3.32. The average Bonchev–Trinajstić information content (AvgIpc) is 2.48. The Morgan fingerprint density at radius 3 is 2.80 bits per heavy atom. The Balaban J connectivity index is 1.91. The standard InChI is InChI=1S/C15H20N2O3/c1-2-20-15(19)14(18)17-9-8-16-13(11-17)10-12-6-4-3-5-7-12/h3-7,13,16H,2,8-11H2,1H3. The minimum absolute atomic E-state index is 0.171. The lowest BCUT2D eigenvalue weighted by molar-refractivity contribution is -0.160. The van der Waals surface area contributed by atoms with Crippen molar-refractivity contribution in [2.24, 2.45) is 0 Å². The Bertz CT molecular complexity index is 461. The van der Waals surface area contributed by atoms with Crippen LogP contribution in [0.15, 0.2) is 30.3 Å². The number of ether oxygens (including phenoxy) is 1. The lowest BCUT2D eigenvalue weighted by Gasteiger charge is -2.33. The second kappa shape index (κ2) is 7.05. The van der Waals surface area contributed by atoms with Gasteiger partial charge in [0.15, 0.2) is 0 Å². The first-order valence-electron chi connectivity index (χ1n) is 6.94. The van der Waals surface area contributed by atoms with Crippen LogP contribution in [0.5, 0.6) is 0 Å². The zero-order chi connectivity index (χ0) is 14.4. The number of piperazine rings is 1. The number of amides is 1. The van der Waals surface area contributed by atoms with Gasteiger partial charge in [-0.1, -0.05) is 30.3 Å². The van der Waals surface area contributed by atoms with Crippen LogP contribution < -0.4 is 5.32 Å². The minimum atomic E-state index is -0.757. The molecule has 0 saturated carbocycles. The van der Waals surface area contributed by atoms with Gasteiger partial charge in [-0.05, 0) is 18.9 Å². The van der Waals surface area contributed by atoms with E-state index >= 15 is 0 Å². The van der Waals surface area contributed by atoms with Crippen LogP contribution in [0.2, 0.25) is 0 Å². The van der Waals surface area contributed by atoms with Crippen LogP contribution >= 0.6 is 0 Å². The predicted octanol–water partition coefficient (Wildman–Crippen LogP) is 0.593. The molecule has 20 heavy (non-hydrogen) atoms. The number of hydrogen-bond donors (Lipinski definition) is 1. The van der Waals surface area contributed by atoms with Crippen molar-refractivity contribution < 1.29 is 14.3 Å². The van der Waals surface area contributed by atoms with Gasteiger partial charge in [-0.25, -0.2) is 4.79 Å². The van der Waals surface area contributed by atoms with Gasteiger partial charge in [-0.3, -0.25) is 4.79 Å². The van der Waals surface area contributed by atoms with E-state index in [4.69, 9.17) is 4.74 Å². The highest BCUT2D eigenvalue weighted by molar-refractivity contribution is 6.32. The normalized spacial score (nSPS) is 18.6. The van der Waals surface area contributed by atoms with Crippen LogP contribution in [-0.2, 0) is 20.7 Å². The van der Waals surface area contributed by atoms with E-state index in [2.05, 4.69) is 17.4 Å². The molecule has 0 bridgehead atoms. The smallest absolute Gasteiger partial charge is 0.397 e. The fourth-order valence-corrected chi connectivity index (χ4v) is 2.37. The maximum atomic E-state index is 11.9. The summed E-state index contributed by atoms with van der Waals surface area (Å²) in [6.45, 7) is 3.70. The van der Waals surface area contributed by atoms with Gasteiger partial charge in [0.05, 0.1) is 6.61 Å². The maximum Gasteiger partial charge on any atom is 0.397 e. The van der Waals surface area contributed by atoms with E-state index in [-0.39, 0.29) is 12.6 Å². The fraction of sp³-hybridized carbons (Fsp3) is 0.467. The summed E-state index contributed by atoms with van der Waals surface area (Å²) in [4.78, 5) is 25.0. The Hall–Kier alpha value is -1.88. The Kier molecular flexibility index (Phi) is 5.12. The summed E-state index contributed by atoms with van der Waals surface area (Å²) < 4.78 is 4.76. The summed E-state index contributed by atoms with van der Waals surface area (Å²) >= 11 is 0. The van der Waals surface area contributed by atoms with E-state index in [1.54, 1.807) is 11.8 Å². The largest absolute Gasteiger partial charge is 0.459 e. The zero-order valence-corrected chi connectivity index (χ0v) is 11.7. The molecule has 0 radical (unpaired) electrons. The summed E-state index contributed by atoms with van der Waals surface area (Å²) in [6.07, 6.45) is 0.841. The first kappa shape index (κ1) is 14.5. The maximum absolute atomic E-state index is 11.9. The predicted molar refractivity (Wildman–Crippen MR) is 75.1 cm³/mol. The number of nitrogens with zero attached hydrogens (tertiary/aromatic N) is 1. The average molecular weight is 276 g/mol. The molecule has 1 aliphatic heterocycles. The van der Waals surface area contributed by atoms with Gasteiger partial charge >= 0.3 is 11.9 Å². The van der Waals surface area contributed by atoms with Crippen molar-refractivity contribution in [3.63, 3.8) is 0 Å². The molecule has 5 nitrogen and oxygen atoms in total. The monoisotopic (exact) mass is 276 g/mol. The molecule has 0 aromatic heterocycles. The topological polar surface area (TPSA) is 58.6 Å². The highest BCUT2D eigenvalue weighted by Gasteiger charge is 2.28. The molecular weight excluding hydrogens is 256 g/mol. The highest BCUT2D eigenvalue weighted by atomic mass is 16.5. The summed E-state index contributed by atoms with van der Waals surface area (Å²) in [6, 6.07) is 10.3. The van der Waals surface area contributed by atoms with Crippen LogP contribution in [0.4, 0.5) is 0 Å². The van der Waals surface area contributed by atoms with E-state index in [9.17, 15) is 9.59 Å². The number of carbonyl (C=O) groups is 2.